The summed E-state index contributed by atoms with van der Waals surface area (Å²) in [6.07, 6.45) is 4.87. The lowest BCUT2D eigenvalue weighted by Gasteiger charge is -2.26. The van der Waals surface area contributed by atoms with Crippen molar-refractivity contribution < 1.29 is 4.79 Å². The molecule has 1 aromatic carbocycles. The first-order valence-corrected chi connectivity index (χ1v) is 8.92. The highest BCUT2D eigenvalue weighted by molar-refractivity contribution is 5.85. The van der Waals surface area contributed by atoms with Crippen LogP contribution in [0.25, 0.3) is 0 Å². The van der Waals surface area contributed by atoms with Crippen molar-refractivity contribution in [2.75, 3.05) is 0 Å². The van der Waals surface area contributed by atoms with Crippen LogP contribution in [0.4, 0.5) is 0 Å². The van der Waals surface area contributed by atoms with E-state index < -0.39 is 11.2 Å². The smallest absolute Gasteiger partial charge is 0.331 e. The Kier molecular flexibility index (Phi) is 7.38. The monoisotopic (exact) mass is 392 g/mol. The van der Waals surface area contributed by atoms with Gasteiger partial charge in [-0.3, -0.25) is 18.7 Å². The van der Waals surface area contributed by atoms with Crippen LogP contribution in [-0.2, 0) is 17.9 Å². The predicted octanol–water partition coefficient (Wildman–Crippen LogP) is 0.866. The summed E-state index contributed by atoms with van der Waals surface area (Å²) in [5, 5.41) is 2.91. The van der Waals surface area contributed by atoms with E-state index in [2.05, 4.69) is 5.32 Å². The van der Waals surface area contributed by atoms with Crippen molar-refractivity contribution in [1.29, 1.82) is 0 Å². The lowest BCUT2D eigenvalue weighted by atomic mass is 9.92. The van der Waals surface area contributed by atoms with Gasteiger partial charge in [-0.05, 0) is 31.2 Å². The van der Waals surface area contributed by atoms with Crippen LogP contribution in [0.15, 0.2) is 52.2 Å². The number of benzene rings is 1. The zero-order chi connectivity index (χ0) is 18.5. The molecule has 0 spiro atoms. The van der Waals surface area contributed by atoms with E-state index in [1.807, 2.05) is 30.3 Å². The van der Waals surface area contributed by atoms with Gasteiger partial charge in [0.1, 0.15) is 6.54 Å². The molecule has 0 aliphatic heterocycles. The fourth-order valence-corrected chi connectivity index (χ4v) is 3.28. The van der Waals surface area contributed by atoms with Crippen LogP contribution in [-0.4, -0.2) is 27.1 Å². The second kappa shape index (κ2) is 9.53. The highest BCUT2D eigenvalue weighted by Gasteiger charge is 2.20. The van der Waals surface area contributed by atoms with Gasteiger partial charge in [0.2, 0.25) is 5.91 Å². The van der Waals surface area contributed by atoms with Gasteiger partial charge >= 0.3 is 5.69 Å². The van der Waals surface area contributed by atoms with Crippen molar-refractivity contribution in [2.24, 2.45) is 5.73 Å². The van der Waals surface area contributed by atoms with Crippen molar-refractivity contribution in [1.82, 2.24) is 14.5 Å². The number of carbonyl (C=O) groups is 1. The van der Waals surface area contributed by atoms with Gasteiger partial charge < -0.3 is 11.1 Å². The Labute approximate surface area is 163 Å². The maximum Gasteiger partial charge on any atom is 0.331 e. The molecule has 3 rings (SSSR count). The Hall–Kier alpha value is -2.38. The van der Waals surface area contributed by atoms with Crippen molar-refractivity contribution in [3.05, 3.63) is 69.0 Å². The predicted molar refractivity (Wildman–Crippen MR) is 106 cm³/mol. The third kappa shape index (κ3) is 5.55. The lowest BCUT2D eigenvalue weighted by Crippen LogP contribution is -2.46. The molecular formula is C19H25ClN4O3. The molecule has 1 aliphatic rings. The van der Waals surface area contributed by atoms with Crippen LogP contribution in [0.5, 0.6) is 0 Å². The number of halogens is 1. The molecular weight excluding hydrogens is 368 g/mol. The Balaban J connectivity index is 0.00000261. The molecule has 2 aromatic rings. The standard InChI is InChI=1S/C19H24N4O3.ClH/c20-15-6-8-16(9-7-15)21-17(24)13-23-18(25)10-11-22(19(23)26)12-14-4-2-1-3-5-14;/h1-5,10-11,15-16H,6-9,12-13,20H2,(H,21,24);1H. The first-order valence-electron chi connectivity index (χ1n) is 8.92. The van der Waals surface area contributed by atoms with Gasteiger partial charge in [-0.25, -0.2) is 4.79 Å². The number of hydrogen-bond acceptors (Lipinski definition) is 4. The van der Waals surface area contributed by atoms with Crippen LogP contribution >= 0.6 is 12.4 Å². The van der Waals surface area contributed by atoms with Crippen LogP contribution < -0.4 is 22.3 Å². The van der Waals surface area contributed by atoms with E-state index in [4.69, 9.17) is 5.73 Å². The molecule has 8 heteroatoms. The molecule has 0 saturated heterocycles. The Morgan fingerprint density at radius 2 is 1.74 bits per heavy atom. The molecule has 146 valence electrons. The van der Waals surface area contributed by atoms with Crippen LogP contribution in [0.1, 0.15) is 31.2 Å². The second-order valence-corrected chi connectivity index (χ2v) is 6.82. The van der Waals surface area contributed by atoms with Gasteiger partial charge in [0.05, 0.1) is 6.54 Å². The lowest BCUT2D eigenvalue weighted by molar-refractivity contribution is -0.122. The molecule has 3 N–H and O–H groups in total. The number of hydrogen-bond donors (Lipinski definition) is 2. The van der Waals surface area contributed by atoms with Crippen LogP contribution in [0.3, 0.4) is 0 Å². The van der Waals surface area contributed by atoms with Gasteiger partial charge in [0.15, 0.2) is 0 Å². The highest BCUT2D eigenvalue weighted by atomic mass is 35.5. The highest BCUT2D eigenvalue weighted by Crippen LogP contribution is 2.16. The molecule has 0 bridgehead atoms. The number of carbonyl (C=O) groups excluding carboxylic acids is 1. The van der Waals surface area contributed by atoms with Crippen molar-refractivity contribution >= 4 is 18.3 Å². The molecule has 27 heavy (non-hydrogen) atoms. The Bertz CT molecular complexity index is 871. The third-order valence-corrected chi connectivity index (χ3v) is 4.77. The molecule has 1 fully saturated rings. The minimum absolute atomic E-state index is 0. The van der Waals surface area contributed by atoms with Gasteiger partial charge in [0, 0.05) is 24.3 Å². The van der Waals surface area contributed by atoms with Crippen molar-refractivity contribution in [2.45, 2.75) is 50.9 Å². The average Bonchev–Trinajstić information content (AvgIpc) is 2.64. The fraction of sp³-hybridized carbons (Fsp3) is 0.421. The Morgan fingerprint density at radius 3 is 2.41 bits per heavy atom. The number of nitrogens with two attached hydrogens (primary N) is 1. The summed E-state index contributed by atoms with van der Waals surface area (Å²) < 4.78 is 2.41. The summed E-state index contributed by atoms with van der Waals surface area (Å²) in [5.74, 6) is -0.317. The molecule has 1 amide bonds. The minimum Gasteiger partial charge on any atom is -0.352 e. The number of rotatable bonds is 5. The Morgan fingerprint density at radius 1 is 1.07 bits per heavy atom. The number of nitrogens with one attached hydrogen (secondary N) is 1. The summed E-state index contributed by atoms with van der Waals surface area (Å²) in [4.78, 5) is 36.9. The van der Waals surface area contributed by atoms with Gasteiger partial charge in [-0.1, -0.05) is 30.3 Å². The first-order chi connectivity index (χ1) is 12.5. The van der Waals surface area contributed by atoms with E-state index in [9.17, 15) is 14.4 Å². The van der Waals surface area contributed by atoms with E-state index in [1.54, 1.807) is 0 Å². The fourth-order valence-electron chi connectivity index (χ4n) is 3.28. The van der Waals surface area contributed by atoms with Crippen molar-refractivity contribution in [3.8, 4) is 0 Å². The molecule has 7 nitrogen and oxygen atoms in total. The first kappa shape index (κ1) is 20.9. The summed E-state index contributed by atoms with van der Waals surface area (Å²) >= 11 is 0. The van der Waals surface area contributed by atoms with E-state index in [1.165, 1.54) is 16.8 Å². The molecule has 1 heterocycles. The molecule has 0 radical (unpaired) electrons. The molecule has 1 saturated carbocycles. The number of nitrogens with zero attached hydrogens (tertiary/aromatic N) is 2. The summed E-state index contributed by atoms with van der Waals surface area (Å²) in [5.41, 5.74) is 5.86. The summed E-state index contributed by atoms with van der Waals surface area (Å²) in [6.45, 7) is 0.0813. The van der Waals surface area contributed by atoms with Crippen LogP contribution in [0.2, 0.25) is 0 Å². The summed E-state index contributed by atoms with van der Waals surface area (Å²) in [7, 11) is 0. The topological polar surface area (TPSA) is 99.1 Å². The molecule has 0 unspecified atom stereocenters. The van der Waals surface area contributed by atoms with E-state index in [-0.39, 0.29) is 36.9 Å². The second-order valence-electron chi connectivity index (χ2n) is 6.82. The quantitative estimate of drug-likeness (QED) is 0.788. The maximum absolute atomic E-state index is 12.6. The number of aromatic nitrogens is 2. The SMILES string of the molecule is Cl.NC1CCC(NC(=O)Cn2c(=O)ccn(Cc3ccccc3)c2=O)CC1. The normalized spacial score (nSPS) is 19.1. The molecule has 1 aromatic heterocycles. The van der Waals surface area contributed by atoms with Crippen LogP contribution in [0, 0.1) is 0 Å². The molecule has 1 aliphatic carbocycles. The van der Waals surface area contributed by atoms with Gasteiger partial charge in [0.25, 0.3) is 5.56 Å². The number of amides is 1. The zero-order valence-electron chi connectivity index (χ0n) is 15.0. The summed E-state index contributed by atoms with van der Waals surface area (Å²) in [6, 6.07) is 11.1. The van der Waals surface area contributed by atoms with E-state index in [0.29, 0.717) is 6.54 Å². The van der Waals surface area contributed by atoms with E-state index in [0.717, 1.165) is 35.8 Å². The zero-order valence-corrected chi connectivity index (χ0v) is 15.9. The average molecular weight is 393 g/mol. The maximum atomic E-state index is 12.6. The third-order valence-electron chi connectivity index (χ3n) is 4.77. The largest absolute Gasteiger partial charge is 0.352 e. The van der Waals surface area contributed by atoms with Gasteiger partial charge in [-0.2, -0.15) is 0 Å². The van der Waals surface area contributed by atoms with Crippen molar-refractivity contribution in [3.63, 3.8) is 0 Å². The minimum atomic E-state index is -0.484. The van der Waals surface area contributed by atoms with E-state index >= 15 is 0 Å². The van der Waals surface area contributed by atoms with Gasteiger partial charge in [-0.15, -0.1) is 12.4 Å². The molecule has 0 atom stereocenters.